The van der Waals surface area contributed by atoms with Crippen molar-refractivity contribution in [2.45, 2.75) is 40.0 Å². The second-order valence-electron chi connectivity index (χ2n) is 19.6. The summed E-state index contributed by atoms with van der Waals surface area (Å²) in [5, 5.41) is 61.2. The van der Waals surface area contributed by atoms with E-state index in [1.165, 1.54) is 11.4 Å². The zero-order chi connectivity index (χ0) is 56.1. The van der Waals surface area contributed by atoms with Crippen molar-refractivity contribution in [2.24, 2.45) is 11.5 Å². The predicted octanol–water partition coefficient (Wildman–Crippen LogP) is 5.12. The number of phenolic OH excluding ortho intramolecular Hbond substituents is 2. The number of amidine groups is 2. The third kappa shape index (κ3) is 15.9. The van der Waals surface area contributed by atoms with Crippen molar-refractivity contribution < 1.29 is 39.6 Å². The molecule has 8 aromatic rings. The average Bonchev–Trinajstić information content (AvgIpc) is 3.92. The molecule has 76 heavy (non-hydrogen) atoms. The zero-order valence-corrected chi connectivity index (χ0v) is 44.0. The number of amides is 2. The number of fused-ring (bicyclic) bond motifs is 2. The first-order chi connectivity index (χ1) is 35.7. The van der Waals surface area contributed by atoms with Crippen LogP contribution in [0.15, 0.2) is 146 Å². The number of nitrogens with zero attached hydrogens (tertiary/aromatic N) is 4. The molecular weight excluding hydrogens is 965 g/mol. The number of phenols is 2. The summed E-state index contributed by atoms with van der Waals surface area (Å²) < 4.78 is 5.20. The maximum atomic E-state index is 13.2. The summed E-state index contributed by atoms with van der Waals surface area (Å²) in [6.07, 6.45) is 0. The van der Waals surface area contributed by atoms with Gasteiger partial charge in [0.25, 0.3) is 11.8 Å². The van der Waals surface area contributed by atoms with Crippen LogP contribution in [0.25, 0.3) is 21.8 Å². The molecule has 2 heterocycles. The number of carboxylic acid groups (broad SMARTS) is 2. The number of aliphatic carboxylic acids is 2. The number of hydrogen-bond acceptors (Lipinski definition) is 10. The molecule has 0 spiro atoms. The number of nitrogens with two attached hydrogens (primary N) is 2. The Morgan fingerprint density at radius 1 is 0.500 bits per heavy atom. The summed E-state index contributed by atoms with van der Waals surface area (Å²) in [4.78, 5) is 44.3. The Hall–Kier alpha value is -9.26. The van der Waals surface area contributed by atoms with Crippen molar-refractivity contribution in [2.75, 3.05) is 42.3 Å². The molecule has 6 aromatic carbocycles. The normalized spacial score (nSPS) is 10.9. The molecule has 18 nitrogen and oxygen atoms in total. The first-order valence-corrected chi connectivity index (χ1v) is 24.0. The van der Waals surface area contributed by atoms with E-state index in [0.29, 0.717) is 59.5 Å². The van der Waals surface area contributed by atoms with Gasteiger partial charge >= 0.3 is 0 Å². The number of nitrogen functional groups attached to an aromatic ring is 2. The number of aromatic hydroxyl groups is 2. The van der Waals surface area contributed by atoms with Gasteiger partial charge in [-0.2, -0.15) is 0 Å². The number of hydrogen-bond donors (Lipinski definition) is 8. The lowest BCUT2D eigenvalue weighted by Crippen LogP contribution is -2.34. The minimum Gasteiger partial charge on any atom is -0.550 e. The first kappa shape index (κ1) is 57.6. The molecule has 10 N–H and O–H groups in total. The summed E-state index contributed by atoms with van der Waals surface area (Å²) in [6.45, 7) is 3.53. The van der Waals surface area contributed by atoms with Gasteiger partial charge in [0, 0.05) is 60.0 Å². The van der Waals surface area contributed by atoms with Crippen molar-refractivity contribution in [1.82, 2.24) is 28.7 Å². The molecule has 0 aliphatic rings. The fraction of sp³-hybridized carbons (Fsp3) is 0.207. The minimum atomic E-state index is -1.08. The van der Waals surface area contributed by atoms with Gasteiger partial charge in [0.2, 0.25) is 0 Å². The second-order valence-corrected chi connectivity index (χ2v) is 19.6. The van der Waals surface area contributed by atoms with E-state index < -0.39 is 11.9 Å². The van der Waals surface area contributed by atoms with Crippen LogP contribution in [0.5, 0.6) is 11.5 Å². The van der Waals surface area contributed by atoms with Crippen molar-refractivity contribution in [3.05, 3.63) is 190 Å². The largest absolute Gasteiger partial charge is 0.550 e. The Kier molecular flexibility index (Phi) is 19.0. The first-order valence-electron chi connectivity index (χ1n) is 24.0. The molecule has 0 fully saturated rings. The van der Waals surface area contributed by atoms with Crippen LogP contribution in [0, 0.1) is 10.8 Å². The molecule has 0 aliphatic heterocycles. The molecule has 0 unspecified atom stereocenters. The van der Waals surface area contributed by atoms with Crippen molar-refractivity contribution in [1.29, 1.82) is 10.8 Å². The fourth-order valence-electron chi connectivity index (χ4n) is 7.96. The van der Waals surface area contributed by atoms with Crippen LogP contribution in [-0.4, -0.2) is 97.1 Å². The van der Waals surface area contributed by atoms with Crippen LogP contribution in [0.3, 0.4) is 0 Å². The van der Waals surface area contributed by atoms with Crippen LogP contribution in [-0.2, 0) is 35.8 Å². The van der Waals surface area contributed by atoms with Gasteiger partial charge in [0.15, 0.2) is 0 Å². The Balaban J connectivity index is 0.000000246. The lowest BCUT2D eigenvalue weighted by molar-refractivity contribution is -0.303. The number of carboxylic acids is 2. The van der Waals surface area contributed by atoms with E-state index in [9.17, 15) is 19.8 Å². The highest BCUT2D eigenvalue weighted by molar-refractivity contribution is 6.02. The highest BCUT2D eigenvalue weighted by Gasteiger charge is 2.21. The molecular formula is C58H66N10O8. The van der Waals surface area contributed by atoms with Crippen molar-refractivity contribution in [3.63, 3.8) is 0 Å². The Morgan fingerprint density at radius 3 is 1.12 bits per heavy atom. The standard InChI is InChI=1S/2C27H29N5O2.2C2H4O2/c2*1-32(2,3)21-12-10-18(11-13-21)16-30-27(34)24-15-22-23(8-5-9-25(22)33)31(24)17-19-6-4-7-20(14-19)26(28)29;2*1-2(3)4/h2*4-15H,16-17H2,1-3H3,(H4-,28,29,30,33,34);2*1H3,(H,3,4). The summed E-state index contributed by atoms with van der Waals surface area (Å²) in [5.41, 5.74) is 21.1. The van der Waals surface area contributed by atoms with Crippen LogP contribution < -0.4 is 41.3 Å². The average molecular weight is 1030 g/mol. The maximum Gasteiger partial charge on any atom is 0.268 e. The quantitative estimate of drug-likeness (QED) is 0.0404. The van der Waals surface area contributed by atoms with E-state index in [1.807, 2.05) is 81.9 Å². The van der Waals surface area contributed by atoms with Gasteiger partial charge < -0.3 is 61.3 Å². The molecule has 0 radical (unpaired) electrons. The number of aromatic nitrogens is 2. The Labute approximate surface area is 441 Å². The van der Waals surface area contributed by atoms with Crippen LogP contribution in [0.4, 0.5) is 11.4 Å². The zero-order valence-electron chi connectivity index (χ0n) is 44.0. The number of carbonyl (C=O) groups is 4. The molecule has 8 rings (SSSR count). The molecule has 0 aliphatic carbocycles. The highest BCUT2D eigenvalue weighted by atomic mass is 16.4. The fourth-order valence-corrected chi connectivity index (χ4v) is 7.96. The van der Waals surface area contributed by atoms with E-state index >= 15 is 0 Å². The van der Waals surface area contributed by atoms with Crippen molar-refractivity contribution >= 4 is 68.6 Å². The smallest absolute Gasteiger partial charge is 0.268 e. The number of quaternary nitrogens is 2. The molecule has 0 saturated carbocycles. The highest BCUT2D eigenvalue weighted by Crippen LogP contribution is 2.31. The van der Waals surface area contributed by atoms with Gasteiger partial charge in [-0.3, -0.25) is 29.4 Å². The molecule has 2 amide bonds. The summed E-state index contributed by atoms with van der Waals surface area (Å²) in [6, 6.07) is 45.1. The van der Waals surface area contributed by atoms with E-state index in [4.69, 9.17) is 42.1 Å². The van der Waals surface area contributed by atoms with Crippen LogP contribution >= 0.6 is 0 Å². The Morgan fingerprint density at radius 2 is 0.816 bits per heavy atom. The molecule has 0 bridgehead atoms. The van der Waals surface area contributed by atoms with Gasteiger partial charge in [-0.25, -0.2) is 0 Å². The van der Waals surface area contributed by atoms with Gasteiger partial charge in [-0.05, 0) is 109 Å². The third-order valence-corrected chi connectivity index (χ3v) is 11.8. The molecule has 0 saturated heterocycles. The summed E-state index contributed by atoms with van der Waals surface area (Å²) in [5.74, 6) is -2.39. The van der Waals surface area contributed by atoms with Crippen molar-refractivity contribution in [3.8, 4) is 11.5 Å². The van der Waals surface area contributed by atoms with E-state index in [2.05, 4.69) is 77.2 Å². The van der Waals surface area contributed by atoms with Gasteiger partial charge in [-0.15, -0.1) is 0 Å². The van der Waals surface area contributed by atoms with Gasteiger partial charge in [-0.1, -0.05) is 72.8 Å². The molecule has 0 atom stereocenters. The van der Waals surface area contributed by atoms with Gasteiger partial charge in [0.1, 0.15) is 45.9 Å². The van der Waals surface area contributed by atoms with Crippen LogP contribution in [0.1, 0.15) is 68.2 Å². The molecule has 396 valence electrons. The molecule has 18 heteroatoms. The lowest BCUT2D eigenvalue weighted by atomic mass is 10.1. The summed E-state index contributed by atoms with van der Waals surface area (Å²) in [7, 11) is 12.6. The number of benzene rings is 6. The second kappa shape index (κ2) is 25.1. The number of rotatable bonds is 14. The predicted molar refractivity (Wildman–Crippen MR) is 296 cm³/mol. The van der Waals surface area contributed by atoms with Crippen LogP contribution in [0.2, 0.25) is 0 Å². The van der Waals surface area contributed by atoms with E-state index in [1.54, 1.807) is 48.5 Å². The monoisotopic (exact) mass is 1030 g/mol. The van der Waals surface area contributed by atoms with Gasteiger partial charge in [0.05, 0.1) is 53.3 Å². The Bertz CT molecular complexity index is 3150. The van der Waals surface area contributed by atoms with E-state index in [0.717, 1.165) is 56.1 Å². The van der Waals surface area contributed by atoms with E-state index in [-0.39, 0.29) is 35.0 Å². The number of carbonyl (C=O) groups excluding carboxylic acids is 4. The third-order valence-electron chi connectivity index (χ3n) is 11.8. The lowest BCUT2D eigenvalue weighted by Gasteiger charge is -2.23. The SMILES string of the molecule is CC(=O)[O-].CC(=O)[O-].C[N+](C)(C)c1ccc(CNC(=O)c2cc3c(O)cccc3n2Cc2cccc(C(=N)N)c2)cc1.C[N+](C)(C)c1ccc(CNC(=O)c2cc3c(O)cccc3n2Cc2cccc(C(=N)N)c2)cc1. The number of nitrogens with one attached hydrogen (secondary N) is 4. The maximum absolute atomic E-state index is 13.2. The topological polar surface area (TPSA) is 289 Å². The molecule has 2 aromatic heterocycles. The minimum absolute atomic E-state index is 0.00824. The summed E-state index contributed by atoms with van der Waals surface area (Å²) >= 11 is 0.